The summed E-state index contributed by atoms with van der Waals surface area (Å²) in [4.78, 5) is 18.0. The molecule has 26 heavy (non-hydrogen) atoms. The van der Waals surface area contributed by atoms with E-state index >= 15 is 0 Å². The number of hydrogen-bond acceptors (Lipinski definition) is 4. The Kier molecular flexibility index (Phi) is 4.29. The van der Waals surface area contributed by atoms with Gasteiger partial charge < -0.3 is 10.0 Å². The van der Waals surface area contributed by atoms with E-state index in [2.05, 4.69) is 4.98 Å². The molecule has 1 fully saturated rings. The maximum Gasteiger partial charge on any atom is 0.417 e. The fraction of sp³-hybridized carbons (Fsp3) is 0.235. The number of benzene rings is 1. The van der Waals surface area contributed by atoms with Gasteiger partial charge in [0.05, 0.1) is 23.7 Å². The molecule has 0 spiro atoms. The highest BCUT2D eigenvalue weighted by molar-refractivity contribution is 5.93. The number of nitriles is 1. The predicted octanol–water partition coefficient (Wildman–Crippen LogP) is 2.83. The van der Waals surface area contributed by atoms with E-state index in [-0.39, 0.29) is 23.5 Å². The highest BCUT2D eigenvalue weighted by Crippen LogP contribution is 2.39. The molecule has 9 heteroatoms. The van der Waals surface area contributed by atoms with Crippen LogP contribution in [0.4, 0.5) is 23.8 Å². The van der Waals surface area contributed by atoms with Crippen molar-refractivity contribution in [3.05, 3.63) is 47.7 Å². The SMILES string of the molecule is CN1CC(O)N(c2cc(C(F)(F)F)c(-c3ccc(C#N)cc3)cn2)C1=O. The number of alkyl halides is 3. The minimum Gasteiger partial charge on any atom is -0.371 e. The van der Waals surface area contributed by atoms with Crippen LogP contribution >= 0.6 is 0 Å². The third-order valence-electron chi connectivity index (χ3n) is 4.03. The number of aliphatic hydroxyl groups excluding tert-OH is 1. The lowest BCUT2D eigenvalue weighted by molar-refractivity contribution is -0.137. The van der Waals surface area contributed by atoms with E-state index in [1.165, 1.54) is 36.2 Å². The first-order valence-electron chi connectivity index (χ1n) is 7.52. The molecule has 6 nitrogen and oxygen atoms in total. The lowest BCUT2D eigenvalue weighted by Crippen LogP contribution is -2.35. The Labute approximate surface area is 146 Å². The van der Waals surface area contributed by atoms with Crippen molar-refractivity contribution in [1.29, 1.82) is 5.26 Å². The Morgan fingerprint density at radius 2 is 1.96 bits per heavy atom. The molecule has 0 radical (unpaired) electrons. The molecule has 1 atom stereocenters. The number of aliphatic hydroxyl groups is 1. The van der Waals surface area contributed by atoms with Crippen LogP contribution in [0.15, 0.2) is 36.5 Å². The van der Waals surface area contributed by atoms with Crippen molar-refractivity contribution in [3.63, 3.8) is 0 Å². The lowest BCUT2D eigenvalue weighted by atomic mass is 10.0. The molecule has 2 aromatic rings. The van der Waals surface area contributed by atoms with Crippen LogP contribution in [-0.4, -0.2) is 40.8 Å². The first-order valence-corrected chi connectivity index (χ1v) is 7.52. The summed E-state index contributed by atoms with van der Waals surface area (Å²) in [6.07, 6.45) is -4.96. The fourth-order valence-corrected chi connectivity index (χ4v) is 2.73. The zero-order valence-electron chi connectivity index (χ0n) is 13.5. The molecule has 1 aromatic heterocycles. The zero-order valence-corrected chi connectivity index (χ0v) is 13.5. The van der Waals surface area contributed by atoms with Gasteiger partial charge in [0.25, 0.3) is 0 Å². The van der Waals surface area contributed by atoms with E-state index < -0.39 is 24.0 Å². The van der Waals surface area contributed by atoms with Crippen LogP contribution in [0.2, 0.25) is 0 Å². The summed E-state index contributed by atoms with van der Waals surface area (Å²) in [7, 11) is 1.43. The van der Waals surface area contributed by atoms with Crippen LogP contribution in [0, 0.1) is 11.3 Å². The van der Waals surface area contributed by atoms with Gasteiger partial charge >= 0.3 is 12.2 Å². The maximum absolute atomic E-state index is 13.6. The molecule has 3 rings (SSSR count). The monoisotopic (exact) mass is 362 g/mol. The molecule has 1 saturated heterocycles. The summed E-state index contributed by atoms with van der Waals surface area (Å²) < 4.78 is 40.7. The van der Waals surface area contributed by atoms with Gasteiger partial charge in [-0.25, -0.2) is 14.7 Å². The Morgan fingerprint density at radius 1 is 1.31 bits per heavy atom. The minimum absolute atomic E-state index is 0.0285. The number of halogens is 3. The molecular weight excluding hydrogens is 349 g/mol. The standard InChI is InChI=1S/C17H13F3N4O2/c1-23-9-15(25)24(16(23)26)14-6-13(17(18,19)20)12(8-22-14)11-4-2-10(7-21)3-5-11/h2-6,8,15,25H,9H2,1H3. The third-order valence-corrected chi connectivity index (χ3v) is 4.03. The molecule has 1 aliphatic heterocycles. The highest BCUT2D eigenvalue weighted by atomic mass is 19.4. The number of likely N-dealkylation sites (N-methyl/N-ethyl adjacent to an activating group) is 1. The predicted molar refractivity (Wildman–Crippen MR) is 85.9 cm³/mol. The van der Waals surface area contributed by atoms with Gasteiger partial charge in [-0.3, -0.25) is 0 Å². The number of carbonyl (C=O) groups excluding carboxylic acids is 1. The third kappa shape index (κ3) is 3.07. The van der Waals surface area contributed by atoms with Gasteiger partial charge in [-0.05, 0) is 23.8 Å². The number of β-amino-alcohol motifs (C(OH)–C–C–N with tert-alkyl or cyclic N) is 1. The molecule has 0 bridgehead atoms. The van der Waals surface area contributed by atoms with Crippen LogP contribution in [-0.2, 0) is 6.18 Å². The second-order valence-corrected chi connectivity index (χ2v) is 5.79. The number of amides is 2. The van der Waals surface area contributed by atoms with Crippen molar-refractivity contribution in [1.82, 2.24) is 9.88 Å². The molecule has 1 N–H and O–H groups in total. The maximum atomic E-state index is 13.6. The molecule has 0 aliphatic carbocycles. The van der Waals surface area contributed by atoms with Gasteiger partial charge in [0, 0.05) is 18.8 Å². The molecule has 0 saturated carbocycles. The molecule has 1 aliphatic rings. The average molecular weight is 362 g/mol. The fourth-order valence-electron chi connectivity index (χ4n) is 2.73. The van der Waals surface area contributed by atoms with E-state index in [4.69, 9.17) is 5.26 Å². The summed E-state index contributed by atoms with van der Waals surface area (Å²) in [5, 5.41) is 18.7. The largest absolute Gasteiger partial charge is 0.417 e. The van der Waals surface area contributed by atoms with Crippen molar-refractivity contribution in [2.24, 2.45) is 0 Å². The Morgan fingerprint density at radius 3 is 2.46 bits per heavy atom. The quantitative estimate of drug-likeness (QED) is 0.891. The van der Waals surface area contributed by atoms with E-state index in [0.29, 0.717) is 5.56 Å². The van der Waals surface area contributed by atoms with Gasteiger partial charge in [0.1, 0.15) is 5.82 Å². The number of nitrogens with zero attached hydrogens (tertiary/aromatic N) is 4. The zero-order chi connectivity index (χ0) is 19.1. The van der Waals surface area contributed by atoms with Gasteiger partial charge in [-0.15, -0.1) is 0 Å². The molecular formula is C17H13F3N4O2. The summed E-state index contributed by atoms with van der Waals surface area (Å²) in [5.74, 6) is -0.281. The topological polar surface area (TPSA) is 80.5 Å². The van der Waals surface area contributed by atoms with Gasteiger partial charge in [-0.2, -0.15) is 18.4 Å². The van der Waals surface area contributed by atoms with Crippen molar-refractivity contribution < 1.29 is 23.1 Å². The van der Waals surface area contributed by atoms with E-state index in [0.717, 1.165) is 17.2 Å². The van der Waals surface area contributed by atoms with Crippen molar-refractivity contribution in [2.75, 3.05) is 18.5 Å². The number of hydrogen-bond donors (Lipinski definition) is 1. The van der Waals surface area contributed by atoms with Crippen molar-refractivity contribution >= 4 is 11.8 Å². The van der Waals surface area contributed by atoms with Gasteiger partial charge in [-0.1, -0.05) is 12.1 Å². The first-order chi connectivity index (χ1) is 12.2. The smallest absolute Gasteiger partial charge is 0.371 e. The minimum atomic E-state index is -4.69. The van der Waals surface area contributed by atoms with Gasteiger partial charge in [0.15, 0.2) is 6.23 Å². The van der Waals surface area contributed by atoms with E-state index in [1.54, 1.807) is 0 Å². The average Bonchev–Trinajstić information content (AvgIpc) is 2.86. The normalized spacial score (nSPS) is 17.5. The molecule has 134 valence electrons. The van der Waals surface area contributed by atoms with E-state index in [9.17, 15) is 23.1 Å². The second-order valence-electron chi connectivity index (χ2n) is 5.79. The summed E-state index contributed by atoms with van der Waals surface area (Å²) in [6.45, 7) is -0.0285. The Bertz CT molecular complexity index is 890. The number of rotatable bonds is 2. The van der Waals surface area contributed by atoms with Crippen LogP contribution in [0.1, 0.15) is 11.1 Å². The summed E-state index contributed by atoms with van der Waals surface area (Å²) in [5.41, 5.74) is -0.608. The number of pyridine rings is 1. The molecule has 1 aromatic carbocycles. The summed E-state index contributed by atoms with van der Waals surface area (Å²) >= 11 is 0. The van der Waals surface area contributed by atoms with Crippen molar-refractivity contribution in [3.8, 4) is 17.2 Å². The number of urea groups is 1. The van der Waals surface area contributed by atoms with E-state index in [1.807, 2.05) is 6.07 Å². The van der Waals surface area contributed by atoms with Crippen molar-refractivity contribution in [2.45, 2.75) is 12.4 Å². The number of carbonyl (C=O) groups is 1. The molecule has 1 unspecified atom stereocenters. The number of aromatic nitrogens is 1. The number of anilines is 1. The lowest BCUT2D eigenvalue weighted by Gasteiger charge is -2.21. The van der Waals surface area contributed by atoms with Gasteiger partial charge in [0.2, 0.25) is 0 Å². The summed E-state index contributed by atoms with van der Waals surface area (Å²) in [6, 6.07) is 7.62. The highest BCUT2D eigenvalue weighted by Gasteiger charge is 2.39. The van der Waals surface area contributed by atoms with Crippen LogP contribution in [0.3, 0.4) is 0 Å². The van der Waals surface area contributed by atoms with Crippen LogP contribution in [0.25, 0.3) is 11.1 Å². The molecule has 2 amide bonds. The first kappa shape index (κ1) is 17.7. The Hall–Kier alpha value is -3.12. The molecule has 2 heterocycles. The Balaban J connectivity index is 2.10. The van der Waals surface area contributed by atoms with Crippen LogP contribution < -0.4 is 4.90 Å². The van der Waals surface area contributed by atoms with Crippen LogP contribution in [0.5, 0.6) is 0 Å². The second kappa shape index (κ2) is 6.31.